The Morgan fingerprint density at radius 1 is 1.02 bits per heavy atom. The Hall–Kier alpha value is -4.51. The van der Waals surface area contributed by atoms with Gasteiger partial charge in [-0.2, -0.15) is 4.98 Å². The summed E-state index contributed by atoms with van der Waals surface area (Å²) in [5.74, 6) is -2.00. The van der Waals surface area contributed by atoms with Crippen LogP contribution in [0.5, 0.6) is 6.01 Å². The molecule has 4 heterocycles. The van der Waals surface area contributed by atoms with Crippen molar-refractivity contribution in [3.05, 3.63) is 40.9 Å². The molecule has 1 saturated heterocycles. The van der Waals surface area contributed by atoms with Crippen molar-refractivity contribution in [1.82, 2.24) is 34.8 Å². The summed E-state index contributed by atoms with van der Waals surface area (Å²) in [7, 11) is -4.08. The fraction of sp³-hybridized carbons (Fsp3) is 0.673. The minimum absolute atomic E-state index is 0.0347. The molecule has 4 amide bonds. The summed E-state index contributed by atoms with van der Waals surface area (Å²) in [5.41, 5.74) is 0.404. The van der Waals surface area contributed by atoms with Crippen molar-refractivity contribution < 1.29 is 37.1 Å². The smallest absolute Gasteiger partial charge is 0.408 e. The molecule has 7 rings (SSSR count). The second kappa shape index (κ2) is 18.5. The first-order chi connectivity index (χ1) is 30.9. The molecule has 362 valence electrons. The molecule has 15 nitrogen and oxygen atoms in total. The van der Waals surface area contributed by atoms with E-state index in [-0.39, 0.29) is 37.3 Å². The van der Waals surface area contributed by atoms with Crippen molar-refractivity contribution >= 4 is 56.2 Å². The number of rotatable bonds is 5. The van der Waals surface area contributed by atoms with Gasteiger partial charge in [-0.05, 0) is 122 Å². The Labute approximate surface area is 394 Å². The molecule has 3 fully saturated rings. The molecular weight excluding hydrogens is 879 g/mol. The van der Waals surface area contributed by atoms with Crippen LogP contribution in [0.25, 0.3) is 21.6 Å². The number of sulfonamides is 1. The third kappa shape index (κ3) is 10.2. The normalized spacial score (nSPS) is 25.7. The minimum Gasteiger partial charge on any atom is -0.459 e. The van der Waals surface area contributed by atoms with Crippen LogP contribution in [0.3, 0.4) is 0 Å². The number of fused-ring (bicyclic) bond motifs is 6. The predicted molar refractivity (Wildman–Crippen MR) is 257 cm³/mol. The first-order valence-electron chi connectivity index (χ1n) is 23.9. The topological polar surface area (TPSA) is 191 Å². The molecule has 2 saturated carbocycles. The largest absolute Gasteiger partial charge is 0.459 e. The summed E-state index contributed by atoms with van der Waals surface area (Å²) in [4.78, 5) is 70.2. The van der Waals surface area contributed by atoms with Crippen molar-refractivity contribution in [3.63, 3.8) is 0 Å². The van der Waals surface area contributed by atoms with Gasteiger partial charge < -0.3 is 25.0 Å². The number of imidazole rings is 1. The lowest BCUT2D eigenvalue weighted by atomic mass is 9.85. The number of allylic oxidation sites excluding steroid dienone is 2. The highest BCUT2D eigenvalue weighted by atomic mass is 32.2. The van der Waals surface area contributed by atoms with E-state index in [9.17, 15) is 27.6 Å². The van der Waals surface area contributed by atoms with Gasteiger partial charge in [0, 0.05) is 22.9 Å². The van der Waals surface area contributed by atoms with Gasteiger partial charge in [-0.25, -0.2) is 18.2 Å². The summed E-state index contributed by atoms with van der Waals surface area (Å²) in [6.07, 6.45) is 9.01. The Morgan fingerprint density at radius 2 is 1.71 bits per heavy atom. The van der Waals surface area contributed by atoms with Crippen molar-refractivity contribution in [2.75, 3.05) is 6.54 Å². The zero-order valence-corrected chi connectivity index (χ0v) is 42.3. The zero-order valence-electron chi connectivity index (χ0n) is 40.7. The van der Waals surface area contributed by atoms with Gasteiger partial charge in [-0.3, -0.25) is 23.7 Å². The SMILES string of the molecule is CC[C@@H]1C[C@@]12NC(=O)[C@@H]1C[C@H](CN1C(=O)[C@@H](NC(=O)OC(C)(C)C)C(C)(C)C)Oc1nc3c(cccc3n1C(C)C)-c1nc(C(C)C)c(s1)CCC/C=C/CCCC1(CC1)S(=O)(=O)NC2=O. The standard InChI is InChI=1S/C49H71N7O8S2/c1-12-31-27-49(31)43(59)54-66(61,62)48(24-25-48)23-18-16-14-13-15-17-22-36-37(29(2)3)50-41(65-36)33-20-19-21-34-38(33)51-44(56(34)30(4)5)63-32-26-35(40(57)53-49)55(28-32)42(58)39(46(6,7)8)52-45(60)64-47(9,10)11/h13-14,19-21,29-32,35,39H,12,15-18,22-28H2,1-11H3,(H,52,60)(H,53,57)(H,54,59)/b14-13+/t31-,32-,35+,39-,49-/m1/s1. The van der Waals surface area contributed by atoms with Gasteiger partial charge in [0.1, 0.15) is 39.9 Å². The molecule has 0 unspecified atom stereocenters. The van der Waals surface area contributed by atoms with Crippen LogP contribution in [0.2, 0.25) is 0 Å². The molecule has 17 heteroatoms. The Balaban J connectivity index is 1.29. The third-order valence-electron chi connectivity index (χ3n) is 13.5. The monoisotopic (exact) mass is 949 g/mol. The van der Waals surface area contributed by atoms with E-state index in [0.717, 1.165) is 53.0 Å². The van der Waals surface area contributed by atoms with Crippen molar-refractivity contribution in [1.29, 1.82) is 0 Å². The van der Waals surface area contributed by atoms with Gasteiger partial charge in [0.05, 0.1) is 22.5 Å². The Bertz CT molecular complexity index is 2470. The molecule has 2 aliphatic carbocycles. The third-order valence-corrected chi connectivity index (χ3v) is 16.9. The molecule has 4 aliphatic rings. The number of nitrogens with one attached hydrogen (secondary N) is 3. The van der Waals surface area contributed by atoms with Crippen LogP contribution in [0.4, 0.5) is 4.79 Å². The Kier molecular flexibility index (Phi) is 13.9. The van der Waals surface area contributed by atoms with E-state index in [4.69, 9.17) is 19.4 Å². The molecule has 0 radical (unpaired) electrons. The number of amides is 4. The van der Waals surface area contributed by atoms with E-state index >= 15 is 0 Å². The first kappa shape index (κ1) is 49.4. The van der Waals surface area contributed by atoms with Crippen LogP contribution in [-0.4, -0.2) is 92.3 Å². The highest BCUT2D eigenvalue weighted by Crippen LogP contribution is 2.50. The number of likely N-dealkylation sites (tertiary alicyclic amines) is 1. The van der Waals surface area contributed by atoms with Crippen LogP contribution in [0.15, 0.2) is 30.4 Å². The fourth-order valence-corrected chi connectivity index (χ4v) is 12.6. The average molecular weight is 950 g/mol. The lowest BCUT2D eigenvalue weighted by Gasteiger charge is -2.36. The maximum absolute atomic E-state index is 14.9. The molecular formula is C49H71N7O8S2. The predicted octanol–water partition coefficient (Wildman–Crippen LogP) is 8.48. The fourth-order valence-electron chi connectivity index (χ4n) is 9.61. The zero-order chi connectivity index (χ0) is 48.1. The van der Waals surface area contributed by atoms with Crippen molar-refractivity contribution in [2.24, 2.45) is 11.3 Å². The van der Waals surface area contributed by atoms with E-state index in [1.54, 1.807) is 32.1 Å². The molecule has 2 aromatic heterocycles. The summed E-state index contributed by atoms with van der Waals surface area (Å²) >= 11 is 1.69. The molecule has 2 aliphatic heterocycles. The summed E-state index contributed by atoms with van der Waals surface area (Å²) < 4.78 is 43.8. The number of para-hydroxylation sites is 1. The van der Waals surface area contributed by atoms with Crippen LogP contribution < -0.4 is 20.1 Å². The van der Waals surface area contributed by atoms with E-state index in [2.05, 4.69) is 41.4 Å². The van der Waals surface area contributed by atoms with Gasteiger partial charge >= 0.3 is 6.09 Å². The second-order valence-corrected chi connectivity index (χ2v) is 24.7. The number of aryl methyl sites for hydroxylation is 1. The molecule has 1 aromatic carbocycles. The van der Waals surface area contributed by atoms with E-state index in [1.807, 2.05) is 64.3 Å². The van der Waals surface area contributed by atoms with Gasteiger partial charge in [-0.15, -0.1) is 11.3 Å². The summed E-state index contributed by atoms with van der Waals surface area (Å²) in [6, 6.07) is 4.02. The quantitative estimate of drug-likeness (QED) is 0.209. The molecule has 66 heavy (non-hydrogen) atoms. The number of thiazole rings is 1. The maximum Gasteiger partial charge on any atom is 0.408 e. The van der Waals surface area contributed by atoms with Crippen LogP contribution >= 0.6 is 11.3 Å². The molecule has 2 spiro atoms. The molecule has 5 atom stereocenters. The lowest BCUT2D eigenvalue weighted by Crippen LogP contribution is -2.60. The summed E-state index contributed by atoms with van der Waals surface area (Å²) in [6.45, 7) is 20.9. The minimum atomic E-state index is -4.08. The lowest BCUT2D eigenvalue weighted by molar-refractivity contribution is -0.143. The number of aromatic nitrogens is 3. The first-order valence-corrected chi connectivity index (χ1v) is 26.2. The number of carbonyl (C=O) groups is 4. The highest BCUT2D eigenvalue weighted by Gasteiger charge is 2.64. The van der Waals surface area contributed by atoms with Gasteiger partial charge in [0.15, 0.2) is 0 Å². The van der Waals surface area contributed by atoms with Crippen LogP contribution in [0.1, 0.15) is 163 Å². The van der Waals surface area contributed by atoms with Crippen molar-refractivity contribution in [3.8, 4) is 16.6 Å². The molecule has 6 bridgehead atoms. The number of alkyl carbamates (subject to hydrolysis) is 1. The Morgan fingerprint density at radius 3 is 2.32 bits per heavy atom. The van der Waals surface area contributed by atoms with Crippen LogP contribution in [-0.2, 0) is 35.6 Å². The van der Waals surface area contributed by atoms with E-state index < -0.39 is 73.3 Å². The number of carbonyl (C=O) groups excluding carboxylic acids is 4. The molecule has 3 N–H and O–H groups in total. The van der Waals surface area contributed by atoms with Crippen LogP contribution in [0, 0.1) is 11.3 Å². The second-order valence-electron chi connectivity index (χ2n) is 21.6. The number of nitrogens with zero attached hydrogens (tertiary/aromatic N) is 4. The number of hydrogen-bond acceptors (Lipinski definition) is 11. The number of hydrogen-bond donors (Lipinski definition) is 3. The van der Waals surface area contributed by atoms with Crippen molar-refractivity contribution in [2.45, 2.75) is 193 Å². The van der Waals surface area contributed by atoms with E-state index in [0.29, 0.717) is 38.1 Å². The van der Waals surface area contributed by atoms with E-state index in [1.165, 1.54) is 9.78 Å². The maximum atomic E-state index is 14.9. The molecule has 3 aromatic rings. The van der Waals surface area contributed by atoms with Gasteiger partial charge in [0.2, 0.25) is 21.8 Å². The van der Waals surface area contributed by atoms with Gasteiger partial charge in [0.25, 0.3) is 11.9 Å². The number of benzene rings is 1. The van der Waals surface area contributed by atoms with Gasteiger partial charge in [-0.1, -0.05) is 66.2 Å². The highest BCUT2D eigenvalue weighted by molar-refractivity contribution is 7.91. The number of ether oxygens (including phenoxy) is 2. The average Bonchev–Trinajstić information content (AvgIpc) is 3.99. The summed E-state index contributed by atoms with van der Waals surface area (Å²) in [5, 5.41) is 6.63.